The molecule has 3 heteroatoms. The maximum Gasteiger partial charge on any atom is 0.163 e. The van der Waals surface area contributed by atoms with Crippen molar-refractivity contribution < 1.29 is 0 Å². The van der Waals surface area contributed by atoms with Crippen molar-refractivity contribution in [2.24, 2.45) is 0 Å². The van der Waals surface area contributed by atoms with Crippen LogP contribution in [-0.4, -0.2) is 0 Å². The van der Waals surface area contributed by atoms with E-state index in [1.807, 2.05) is 24.3 Å². The van der Waals surface area contributed by atoms with Crippen LogP contribution < -0.4 is 0 Å². The molecule has 0 N–H and O–H groups in total. The molecule has 0 saturated carbocycles. The second-order valence-electron chi connectivity index (χ2n) is 3.51. The molecule has 0 aliphatic rings. The van der Waals surface area contributed by atoms with Gasteiger partial charge in [-0.3, -0.25) is 0 Å². The number of allylic oxidation sites excluding steroid dienone is 1. The maximum atomic E-state index is 6.90. The van der Waals surface area contributed by atoms with E-state index in [9.17, 15) is 0 Å². The molecular formula is C13H11NS2. The molecule has 80 valence electrons. The van der Waals surface area contributed by atoms with Gasteiger partial charge in [0.2, 0.25) is 0 Å². The van der Waals surface area contributed by atoms with Gasteiger partial charge in [-0.2, -0.15) is 0 Å². The average molecular weight is 245 g/mol. The lowest BCUT2D eigenvalue weighted by molar-refractivity contribution is 1.57. The van der Waals surface area contributed by atoms with Gasteiger partial charge in [0, 0.05) is 19.5 Å². The molecule has 0 radical (unpaired) electrons. The Morgan fingerprint density at radius 2 is 1.88 bits per heavy atom. The van der Waals surface area contributed by atoms with Crippen molar-refractivity contribution in [2.75, 3.05) is 0 Å². The van der Waals surface area contributed by atoms with E-state index in [0.29, 0.717) is 0 Å². The summed E-state index contributed by atoms with van der Waals surface area (Å²) in [5, 5.41) is 0. The summed E-state index contributed by atoms with van der Waals surface area (Å²) in [5.41, 5.74) is 0.732. The highest BCUT2D eigenvalue weighted by atomic mass is 32.1. The Hall–Kier alpha value is -1.37. The lowest BCUT2D eigenvalue weighted by Gasteiger charge is -1.88. The number of rotatable bonds is 2. The first-order chi connectivity index (χ1) is 7.69. The lowest BCUT2D eigenvalue weighted by atomic mass is 10.3. The molecule has 0 saturated heterocycles. The molecule has 2 rings (SSSR count). The maximum absolute atomic E-state index is 6.90. The van der Waals surface area contributed by atoms with Gasteiger partial charge in [0.05, 0.1) is 6.57 Å². The van der Waals surface area contributed by atoms with E-state index >= 15 is 0 Å². The summed E-state index contributed by atoms with van der Waals surface area (Å²) >= 11 is 3.54. The smallest absolute Gasteiger partial charge is 0.163 e. The fourth-order valence-corrected chi connectivity index (χ4v) is 3.33. The quantitative estimate of drug-likeness (QED) is 0.651. The zero-order chi connectivity index (χ0) is 11.5. The molecule has 0 aliphatic heterocycles. The topological polar surface area (TPSA) is 4.36 Å². The molecule has 2 heterocycles. The molecule has 0 bridgehead atoms. The minimum absolute atomic E-state index is 0.732. The minimum Gasteiger partial charge on any atom is -0.243 e. The van der Waals surface area contributed by atoms with Crippen molar-refractivity contribution in [1.82, 2.24) is 0 Å². The van der Waals surface area contributed by atoms with Crippen molar-refractivity contribution in [2.45, 2.75) is 13.8 Å². The Morgan fingerprint density at radius 1 is 1.19 bits per heavy atom. The second-order valence-corrected chi connectivity index (χ2v) is 5.91. The van der Waals surface area contributed by atoms with E-state index in [-0.39, 0.29) is 0 Å². The van der Waals surface area contributed by atoms with Gasteiger partial charge >= 0.3 is 0 Å². The summed E-state index contributed by atoms with van der Waals surface area (Å²) in [6, 6.07) is 8.49. The van der Waals surface area contributed by atoms with Gasteiger partial charge in [0.25, 0.3) is 0 Å². The SMILES string of the molecule is [C-]#[N+]/C(C)=C\c1ccc(-c2ccc(C)s2)s1. The first-order valence-electron chi connectivity index (χ1n) is 4.91. The third-order valence-corrected chi connectivity index (χ3v) is 4.37. The van der Waals surface area contributed by atoms with Crippen molar-refractivity contribution >= 4 is 28.7 Å². The van der Waals surface area contributed by atoms with Gasteiger partial charge in [-0.25, -0.2) is 4.85 Å². The van der Waals surface area contributed by atoms with E-state index in [0.717, 1.165) is 10.6 Å². The molecule has 1 nitrogen and oxygen atoms in total. The van der Waals surface area contributed by atoms with Crippen LogP contribution in [0.1, 0.15) is 16.7 Å². The summed E-state index contributed by atoms with van der Waals surface area (Å²) in [4.78, 5) is 8.46. The Bertz CT molecular complexity index is 567. The number of aryl methyl sites for hydroxylation is 1. The second kappa shape index (κ2) is 4.65. The number of hydrogen-bond acceptors (Lipinski definition) is 2. The summed E-state index contributed by atoms with van der Waals surface area (Å²) in [5.74, 6) is 0. The van der Waals surface area contributed by atoms with Crippen LogP contribution in [-0.2, 0) is 0 Å². The first-order valence-corrected chi connectivity index (χ1v) is 6.55. The largest absolute Gasteiger partial charge is 0.243 e. The van der Waals surface area contributed by atoms with E-state index in [4.69, 9.17) is 6.57 Å². The number of nitrogens with zero attached hydrogens (tertiary/aromatic N) is 1. The van der Waals surface area contributed by atoms with E-state index in [1.54, 1.807) is 11.3 Å². The molecule has 0 unspecified atom stereocenters. The number of thiophene rings is 2. The molecule has 2 aromatic heterocycles. The fraction of sp³-hybridized carbons (Fsp3) is 0.154. The Labute approximate surface area is 104 Å². The van der Waals surface area contributed by atoms with Crippen LogP contribution in [0, 0.1) is 13.5 Å². The summed E-state index contributed by atoms with van der Waals surface area (Å²) in [6.07, 6.45) is 1.93. The zero-order valence-electron chi connectivity index (χ0n) is 9.15. The van der Waals surface area contributed by atoms with Gasteiger partial charge in [-0.15, -0.1) is 22.7 Å². The molecule has 0 amide bonds. The van der Waals surface area contributed by atoms with Crippen LogP contribution in [0.2, 0.25) is 0 Å². The van der Waals surface area contributed by atoms with Gasteiger partial charge < -0.3 is 0 Å². The number of hydrogen-bond donors (Lipinski definition) is 0. The zero-order valence-corrected chi connectivity index (χ0v) is 10.8. The molecule has 0 fully saturated rings. The summed E-state index contributed by atoms with van der Waals surface area (Å²) in [7, 11) is 0. The predicted molar refractivity (Wildman–Crippen MR) is 72.6 cm³/mol. The summed E-state index contributed by atoms with van der Waals surface area (Å²) in [6.45, 7) is 10.8. The van der Waals surface area contributed by atoms with E-state index in [1.165, 1.54) is 14.6 Å². The van der Waals surface area contributed by atoms with Crippen LogP contribution in [0.3, 0.4) is 0 Å². The lowest BCUT2D eigenvalue weighted by Crippen LogP contribution is -1.61. The van der Waals surface area contributed by atoms with Gasteiger partial charge in [-0.05, 0) is 44.2 Å². The molecule has 16 heavy (non-hydrogen) atoms. The molecular weight excluding hydrogens is 234 g/mol. The molecule has 2 aromatic rings. The average Bonchev–Trinajstić information content (AvgIpc) is 2.87. The third kappa shape index (κ3) is 2.41. The van der Waals surface area contributed by atoms with E-state index < -0.39 is 0 Å². The standard InChI is InChI=1S/C13H11NS2/c1-9(14-3)8-11-5-7-13(16-11)12-6-4-10(2)15-12/h4-8H,1-2H3/b9-8-. The highest BCUT2D eigenvalue weighted by Crippen LogP contribution is 2.34. The minimum atomic E-state index is 0.732. The first kappa shape index (κ1) is 11.1. The van der Waals surface area contributed by atoms with Crippen molar-refractivity contribution in [3.63, 3.8) is 0 Å². The highest BCUT2D eigenvalue weighted by Gasteiger charge is 2.03. The third-order valence-electron chi connectivity index (χ3n) is 2.14. The van der Waals surface area contributed by atoms with Crippen LogP contribution in [0.4, 0.5) is 0 Å². The van der Waals surface area contributed by atoms with Crippen LogP contribution in [0.5, 0.6) is 0 Å². The highest BCUT2D eigenvalue weighted by molar-refractivity contribution is 7.22. The Balaban J connectivity index is 2.30. The van der Waals surface area contributed by atoms with Gasteiger partial charge in [0.15, 0.2) is 5.70 Å². The van der Waals surface area contributed by atoms with Crippen LogP contribution >= 0.6 is 22.7 Å². The molecule has 0 spiro atoms. The normalized spacial score (nSPS) is 11.4. The van der Waals surface area contributed by atoms with Crippen LogP contribution in [0.25, 0.3) is 20.7 Å². The summed E-state index contributed by atoms with van der Waals surface area (Å²) < 4.78 is 0. The van der Waals surface area contributed by atoms with Gasteiger partial charge in [0.1, 0.15) is 0 Å². The predicted octanol–water partition coefficient (Wildman–Crippen LogP) is 5.07. The fourth-order valence-electron chi connectivity index (χ4n) is 1.37. The van der Waals surface area contributed by atoms with Crippen molar-refractivity contribution in [1.29, 1.82) is 0 Å². The van der Waals surface area contributed by atoms with Crippen molar-refractivity contribution in [3.05, 3.63) is 51.1 Å². The van der Waals surface area contributed by atoms with Crippen molar-refractivity contribution in [3.8, 4) is 9.75 Å². The Kier molecular flexibility index (Phi) is 3.23. The molecule has 0 aliphatic carbocycles. The van der Waals surface area contributed by atoms with Crippen LogP contribution in [0.15, 0.2) is 30.0 Å². The Morgan fingerprint density at radius 3 is 2.50 bits per heavy atom. The molecule has 0 atom stereocenters. The van der Waals surface area contributed by atoms with Gasteiger partial charge in [-0.1, -0.05) is 0 Å². The van der Waals surface area contributed by atoms with E-state index in [2.05, 4.69) is 36.0 Å². The monoisotopic (exact) mass is 245 g/mol. The molecule has 0 aromatic carbocycles.